The molecule has 0 aliphatic heterocycles. The highest BCUT2D eigenvalue weighted by molar-refractivity contribution is 5.79. The Bertz CT molecular complexity index is 641. The van der Waals surface area contributed by atoms with Crippen molar-refractivity contribution in [1.29, 1.82) is 0 Å². The van der Waals surface area contributed by atoms with Gasteiger partial charge in [0.15, 0.2) is 5.69 Å². The van der Waals surface area contributed by atoms with Crippen LogP contribution < -0.4 is 4.90 Å². The number of halogens is 3. The smallest absolute Gasteiger partial charge is 0.360 e. The quantitative estimate of drug-likeness (QED) is 0.535. The van der Waals surface area contributed by atoms with Crippen LogP contribution in [0.4, 0.5) is 30.2 Å². The number of benzene rings is 1. The van der Waals surface area contributed by atoms with Crippen LogP contribution in [0.15, 0.2) is 6.07 Å². The molecule has 0 atom stereocenters. The molecule has 0 heterocycles. The average molecular weight is 349 g/mol. The number of anilines is 1. The lowest BCUT2D eigenvalue weighted by molar-refractivity contribution is -0.393. The molecule has 0 amide bonds. The van der Waals surface area contributed by atoms with Crippen LogP contribution >= 0.6 is 0 Å². The van der Waals surface area contributed by atoms with Crippen molar-refractivity contribution in [2.24, 2.45) is 0 Å². The van der Waals surface area contributed by atoms with Crippen molar-refractivity contribution in [3.05, 3.63) is 37.4 Å². The van der Waals surface area contributed by atoms with Gasteiger partial charge in [-0.3, -0.25) is 20.2 Å². The summed E-state index contributed by atoms with van der Waals surface area (Å²) in [7, 11) is 0. The first kappa shape index (κ1) is 19.7. The molecule has 0 aliphatic rings. The first-order valence-electron chi connectivity index (χ1n) is 7.34. The molecule has 0 spiro atoms. The molecule has 0 aromatic heterocycles. The van der Waals surface area contributed by atoms with Crippen molar-refractivity contribution in [3.63, 3.8) is 0 Å². The highest BCUT2D eigenvalue weighted by atomic mass is 19.4. The molecule has 0 saturated heterocycles. The molecule has 0 radical (unpaired) electrons. The maximum absolute atomic E-state index is 13.1. The fourth-order valence-electron chi connectivity index (χ4n) is 2.58. The second kappa shape index (κ2) is 7.45. The molecule has 1 aromatic carbocycles. The van der Waals surface area contributed by atoms with Gasteiger partial charge in [0.1, 0.15) is 0 Å². The van der Waals surface area contributed by atoms with E-state index in [4.69, 9.17) is 0 Å². The number of hydrogen-bond acceptors (Lipinski definition) is 5. The van der Waals surface area contributed by atoms with Crippen LogP contribution in [0.2, 0.25) is 0 Å². The first-order valence-corrected chi connectivity index (χ1v) is 7.34. The van der Waals surface area contributed by atoms with Gasteiger partial charge in [-0.25, -0.2) is 0 Å². The van der Waals surface area contributed by atoms with E-state index in [1.54, 1.807) is 13.8 Å². The lowest BCUT2D eigenvalue weighted by atomic mass is 10.0. The molecule has 7 nitrogen and oxygen atoms in total. The highest BCUT2D eigenvalue weighted by Gasteiger charge is 2.41. The Balaban J connectivity index is 3.87. The Hall–Kier alpha value is -2.39. The fourth-order valence-corrected chi connectivity index (χ4v) is 2.58. The van der Waals surface area contributed by atoms with E-state index < -0.39 is 38.5 Å². The van der Waals surface area contributed by atoms with Crippen LogP contribution in [0.5, 0.6) is 0 Å². The fraction of sp³-hybridized carbons (Fsp3) is 0.571. The van der Waals surface area contributed by atoms with E-state index in [9.17, 15) is 33.4 Å². The molecular weight excluding hydrogens is 331 g/mol. The standard InChI is InChI=1S/C14H18F3N3O4/c1-4-6-18(7-5-2)13-11(19(21)22)8-10(14(15,16)17)9(3)12(13)20(23)24/h8H,4-7H2,1-3H3. The minimum atomic E-state index is -4.92. The zero-order chi connectivity index (χ0) is 18.7. The third kappa shape index (κ3) is 3.92. The summed E-state index contributed by atoms with van der Waals surface area (Å²) in [6.45, 7) is 5.04. The Morgan fingerprint density at radius 2 is 1.58 bits per heavy atom. The van der Waals surface area contributed by atoms with Crippen molar-refractivity contribution in [1.82, 2.24) is 0 Å². The van der Waals surface area contributed by atoms with Crippen LogP contribution in [0, 0.1) is 27.2 Å². The third-order valence-corrected chi connectivity index (χ3v) is 3.50. The van der Waals surface area contributed by atoms with E-state index in [-0.39, 0.29) is 18.8 Å². The number of hydrogen-bond donors (Lipinski definition) is 0. The van der Waals surface area contributed by atoms with Gasteiger partial charge in [-0.15, -0.1) is 0 Å². The Morgan fingerprint density at radius 1 is 1.08 bits per heavy atom. The van der Waals surface area contributed by atoms with Gasteiger partial charge < -0.3 is 4.90 Å². The maximum Gasteiger partial charge on any atom is 0.417 e. The van der Waals surface area contributed by atoms with E-state index in [1.807, 2.05) is 0 Å². The molecule has 0 unspecified atom stereocenters. The monoisotopic (exact) mass is 349 g/mol. The second-order valence-electron chi connectivity index (χ2n) is 5.26. The molecule has 134 valence electrons. The van der Waals surface area contributed by atoms with E-state index in [2.05, 4.69) is 0 Å². The summed E-state index contributed by atoms with van der Waals surface area (Å²) < 4.78 is 39.3. The average Bonchev–Trinajstić information content (AvgIpc) is 2.44. The van der Waals surface area contributed by atoms with Crippen LogP contribution in [-0.4, -0.2) is 22.9 Å². The largest absolute Gasteiger partial charge is 0.417 e. The van der Waals surface area contributed by atoms with Gasteiger partial charge in [-0.1, -0.05) is 13.8 Å². The van der Waals surface area contributed by atoms with Crippen molar-refractivity contribution in [3.8, 4) is 0 Å². The predicted molar refractivity (Wildman–Crippen MR) is 82.3 cm³/mol. The lowest BCUT2D eigenvalue weighted by Crippen LogP contribution is -2.27. The molecule has 0 N–H and O–H groups in total. The number of nitrogens with zero attached hydrogens (tertiary/aromatic N) is 3. The third-order valence-electron chi connectivity index (χ3n) is 3.50. The topological polar surface area (TPSA) is 89.5 Å². The molecule has 24 heavy (non-hydrogen) atoms. The molecular formula is C14H18F3N3O4. The van der Waals surface area contributed by atoms with Gasteiger partial charge in [-0.2, -0.15) is 13.2 Å². The van der Waals surface area contributed by atoms with E-state index >= 15 is 0 Å². The molecule has 1 rings (SSSR count). The zero-order valence-corrected chi connectivity index (χ0v) is 13.5. The van der Waals surface area contributed by atoms with E-state index in [0.29, 0.717) is 18.9 Å². The number of alkyl halides is 3. The predicted octanol–water partition coefficient (Wildman–Crippen LogP) is 4.46. The summed E-state index contributed by atoms with van der Waals surface area (Å²) in [5, 5.41) is 22.7. The molecule has 0 bridgehead atoms. The highest BCUT2D eigenvalue weighted by Crippen LogP contribution is 2.46. The normalized spacial score (nSPS) is 11.4. The van der Waals surface area contributed by atoms with Crippen molar-refractivity contribution in [2.45, 2.75) is 39.8 Å². The Labute approximate surface area is 136 Å². The second-order valence-corrected chi connectivity index (χ2v) is 5.26. The Morgan fingerprint density at radius 3 is 1.92 bits per heavy atom. The van der Waals surface area contributed by atoms with Crippen LogP contribution in [-0.2, 0) is 6.18 Å². The van der Waals surface area contributed by atoms with E-state index in [0.717, 1.165) is 6.92 Å². The summed E-state index contributed by atoms with van der Waals surface area (Å²) in [4.78, 5) is 22.1. The summed E-state index contributed by atoms with van der Waals surface area (Å²) in [5.74, 6) is 0. The summed E-state index contributed by atoms with van der Waals surface area (Å²) in [5.41, 5.74) is -4.11. The summed E-state index contributed by atoms with van der Waals surface area (Å²) in [6.07, 6.45) is -3.85. The van der Waals surface area contributed by atoms with Gasteiger partial charge in [-0.05, 0) is 19.8 Å². The molecule has 1 aromatic rings. The minimum absolute atomic E-state index is 0.264. The molecule has 0 saturated carbocycles. The lowest BCUT2D eigenvalue weighted by Gasteiger charge is -2.24. The van der Waals surface area contributed by atoms with Gasteiger partial charge in [0.05, 0.1) is 15.4 Å². The van der Waals surface area contributed by atoms with E-state index in [1.165, 1.54) is 4.90 Å². The Kier molecular flexibility index (Phi) is 6.10. The summed E-state index contributed by atoms with van der Waals surface area (Å²) >= 11 is 0. The summed E-state index contributed by atoms with van der Waals surface area (Å²) in [6, 6.07) is 0.385. The van der Waals surface area contributed by atoms with Gasteiger partial charge >= 0.3 is 11.9 Å². The number of nitro benzene ring substituents is 2. The number of rotatable bonds is 7. The molecule has 0 fully saturated rings. The zero-order valence-electron chi connectivity index (χ0n) is 13.5. The SMILES string of the molecule is CCCN(CCC)c1c([N+](=O)[O-])cc(C(F)(F)F)c(C)c1[N+](=O)[O-]. The maximum atomic E-state index is 13.1. The minimum Gasteiger partial charge on any atom is -0.360 e. The molecule has 0 aliphatic carbocycles. The first-order chi connectivity index (χ1) is 11.1. The molecule has 10 heteroatoms. The van der Waals surface area contributed by atoms with Gasteiger partial charge in [0.2, 0.25) is 0 Å². The van der Waals surface area contributed by atoms with Gasteiger partial charge in [0.25, 0.3) is 5.69 Å². The van der Waals surface area contributed by atoms with Crippen molar-refractivity contribution >= 4 is 17.1 Å². The van der Waals surface area contributed by atoms with Crippen molar-refractivity contribution < 1.29 is 23.0 Å². The van der Waals surface area contributed by atoms with Crippen LogP contribution in [0.3, 0.4) is 0 Å². The number of nitro groups is 2. The van der Waals surface area contributed by atoms with Gasteiger partial charge in [0, 0.05) is 24.7 Å². The van der Waals surface area contributed by atoms with Crippen molar-refractivity contribution in [2.75, 3.05) is 18.0 Å². The van der Waals surface area contributed by atoms with Crippen LogP contribution in [0.1, 0.15) is 37.8 Å². The van der Waals surface area contributed by atoms with Crippen LogP contribution in [0.25, 0.3) is 0 Å².